The molecule has 0 saturated carbocycles. The Morgan fingerprint density at radius 3 is 2.24 bits per heavy atom. The average Bonchev–Trinajstić information content (AvgIpc) is 2.29. The molecule has 1 aliphatic heterocycles. The number of anilines is 1. The smallest absolute Gasteiger partial charge is 0.143 e. The third-order valence-corrected chi connectivity index (χ3v) is 3.00. The molecule has 1 aliphatic rings. The molecule has 0 aromatic heterocycles. The van der Waals surface area contributed by atoms with Crippen LogP contribution in [0.3, 0.4) is 0 Å². The average molecular weight is 237 g/mol. The Kier molecular flexibility index (Phi) is 3.30. The monoisotopic (exact) mass is 237 g/mol. The minimum atomic E-state index is -0.714. The van der Waals surface area contributed by atoms with Gasteiger partial charge in [0.05, 0.1) is 11.7 Å². The molecule has 1 heterocycles. The number of aliphatic hydroxyl groups excluding tert-OH is 1. The predicted molar refractivity (Wildman–Crippen MR) is 61.7 cm³/mol. The molecule has 2 nitrogen and oxygen atoms in total. The second-order valence-corrected chi connectivity index (χ2v) is 4.15. The maximum atomic E-state index is 13.5. The van der Waals surface area contributed by atoms with Crippen LogP contribution in [0.15, 0.2) is 12.1 Å². The summed E-state index contributed by atoms with van der Waals surface area (Å²) in [5.41, 5.74) is 0.150. The van der Waals surface area contributed by atoms with E-state index in [2.05, 4.69) is 0 Å². The van der Waals surface area contributed by atoms with Crippen LogP contribution in [-0.4, -0.2) is 24.3 Å². The van der Waals surface area contributed by atoms with E-state index in [4.69, 9.17) is 6.42 Å². The van der Waals surface area contributed by atoms with Crippen molar-refractivity contribution < 1.29 is 13.9 Å². The molecule has 90 valence electrons. The van der Waals surface area contributed by atoms with Gasteiger partial charge >= 0.3 is 0 Å². The van der Waals surface area contributed by atoms with E-state index in [0.717, 1.165) is 0 Å². The van der Waals surface area contributed by atoms with Crippen LogP contribution in [0.2, 0.25) is 0 Å². The Balaban J connectivity index is 2.26. The first-order chi connectivity index (χ1) is 8.11. The largest absolute Gasteiger partial charge is 0.393 e. The Bertz CT molecular complexity index is 436. The van der Waals surface area contributed by atoms with E-state index in [1.165, 1.54) is 12.1 Å². The topological polar surface area (TPSA) is 23.5 Å². The Hall–Kier alpha value is -1.60. The SMILES string of the molecule is C#Cc1c(F)cc(N2CCC(O)CC2)cc1F. The van der Waals surface area contributed by atoms with Crippen LogP contribution in [-0.2, 0) is 0 Å². The van der Waals surface area contributed by atoms with Crippen LogP contribution in [0, 0.1) is 24.0 Å². The molecule has 0 bridgehead atoms. The highest BCUT2D eigenvalue weighted by molar-refractivity contribution is 5.52. The Morgan fingerprint density at radius 2 is 1.76 bits per heavy atom. The fraction of sp³-hybridized carbons (Fsp3) is 0.385. The van der Waals surface area contributed by atoms with Gasteiger partial charge in [-0.2, -0.15) is 0 Å². The zero-order valence-corrected chi connectivity index (χ0v) is 9.29. The Morgan fingerprint density at radius 1 is 1.24 bits per heavy atom. The van der Waals surface area contributed by atoms with Crippen LogP contribution in [0.25, 0.3) is 0 Å². The van der Waals surface area contributed by atoms with Crippen molar-refractivity contribution in [2.45, 2.75) is 18.9 Å². The maximum Gasteiger partial charge on any atom is 0.143 e. The van der Waals surface area contributed by atoms with Gasteiger partial charge in [0.2, 0.25) is 0 Å². The second kappa shape index (κ2) is 4.72. The van der Waals surface area contributed by atoms with Crippen molar-refractivity contribution >= 4 is 5.69 Å². The van der Waals surface area contributed by atoms with Gasteiger partial charge < -0.3 is 10.0 Å². The molecule has 0 aliphatic carbocycles. The fourth-order valence-corrected chi connectivity index (χ4v) is 2.00. The van der Waals surface area contributed by atoms with Gasteiger partial charge in [-0.25, -0.2) is 8.78 Å². The van der Waals surface area contributed by atoms with Gasteiger partial charge in [-0.05, 0) is 25.0 Å². The van der Waals surface area contributed by atoms with Crippen molar-refractivity contribution in [1.82, 2.24) is 0 Å². The van der Waals surface area contributed by atoms with Crippen molar-refractivity contribution in [3.8, 4) is 12.3 Å². The van der Waals surface area contributed by atoms with Crippen molar-refractivity contribution in [2.24, 2.45) is 0 Å². The van der Waals surface area contributed by atoms with Crippen molar-refractivity contribution in [3.63, 3.8) is 0 Å². The number of halogens is 2. The molecule has 1 aromatic rings. The first-order valence-electron chi connectivity index (χ1n) is 5.50. The fourth-order valence-electron chi connectivity index (χ4n) is 2.00. The standard InChI is InChI=1S/C13H13F2NO/c1-2-11-12(14)7-9(8-13(11)15)16-5-3-10(17)4-6-16/h1,7-8,10,17H,3-6H2. The number of nitrogens with zero attached hydrogens (tertiary/aromatic N) is 1. The maximum absolute atomic E-state index is 13.5. The van der Waals surface area contributed by atoms with Crippen molar-refractivity contribution in [3.05, 3.63) is 29.3 Å². The molecular formula is C13H13F2NO. The van der Waals surface area contributed by atoms with Gasteiger partial charge in [0, 0.05) is 18.8 Å². The van der Waals surface area contributed by atoms with Crippen LogP contribution < -0.4 is 4.90 Å². The van der Waals surface area contributed by atoms with Crippen LogP contribution >= 0.6 is 0 Å². The van der Waals surface area contributed by atoms with E-state index in [-0.39, 0.29) is 11.7 Å². The van der Waals surface area contributed by atoms with Crippen LogP contribution in [0.5, 0.6) is 0 Å². The summed E-state index contributed by atoms with van der Waals surface area (Å²) in [6.07, 6.45) is 5.93. The normalized spacial score (nSPS) is 16.9. The zero-order valence-electron chi connectivity index (χ0n) is 9.29. The molecule has 0 atom stereocenters. The first kappa shape index (κ1) is 11.9. The van der Waals surface area contributed by atoms with E-state index >= 15 is 0 Å². The lowest BCUT2D eigenvalue weighted by atomic mass is 10.1. The predicted octanol–water partition coefficient (Wildman–Crippen LogP) is 1.91. The number of rotatable bonds is 1. The van der Waals surface area contributed by atoms with E-state index in [1.807, 2.05) is 10.8 Å². The summed E-state index contributed by atoms with van der Waals surface area (Å²) in [5.74, 6) is 0.564. The lowest BCUT2D eigenvalue weighted by Gasteiger charge is -2.31. The van der Waals surface area contributed by atoms with Crippen molar-refractivity contribution in [2.75, 3.05) is 18.0 Å². The molecule has 1 saturated heterocycles. The molecule has 0 spiro atoms. The summed E-state index contributed by atoms with van der Waals surface area (Å²) in [4.78, 5) is 1.85. The quantitative estimate of drug-likeness (QED) is 0.754. The third kappa shape index (κ3) is 2.40. The lowest BCUT2D eigenvalue weighted by molar-refractivity contribution is 0.145. The molecule has 1 fully saturated rings. The van der Waals surface area contributed by atoms with Gasteiger partial charge in [0.1, 0.15) is 11.6 Å². The molecular weight excluding hydrogens is 224 g/mol. The molecule has 4 heteroatoms. The molecule has 17 heavy (non-hydrogen) atoms. The third-order valence-electron chi connectivity index (χ3n) is 3.00. The van der Waals surface area contributed by atoms with Crippen molar-refractivity contribution in [1.29, 1.82) is 0 Å². The van der Waals surface area contributed by atoms with Gasteiger partial charge in [-0.3, -0.25) is 0 Å². The van der Waals surface area contributed by atoms with E-state index in [0.29, 0.717) is 31.6 Å². The minimum absolute atomic E-state index is 0.314. The van der Waals surface area contributed by atoms with Gasteiger partial charge in [-0.15, -0.1) is 6.42 Å². The summed E-state index contributed by atoms with van der Waals surface area (Å²) in [7, 11) is 0. The number of piperidine rings is 1. The summed E-state index contributed by atoms with van der Waals surface area (Å²) < 4.78 is 27.0. The lowest BCUT2D eigenvalue weighted by Crippen LogP contribution is -2.35. The number of hydrogen-bond donors (Lipinski definition) is 1. The summed E-state index contributed by atoms with van der Waals surface area (Å²) in [5, 5.41) is 9.36. The van der Waals surface area contributed by atoms with Gasteiger partial charge in [0.15, 0.2) is 0 Å². The molecule has 1 N–H and O–H groups in total. The highest BCUT2D eigenvalue weighted by Crippen LogP contribution is 2.24. The highest BCUT2D eigenvalue weighted by atomic mass is 19.1. The summed E-state index contributed by atoms with van der Waals surface area (Å²) in [6.45, 7) is 1.19. The van der Waals surface area contributed by atoms with Crippen LogP contribution in [0.4, 0.5) is 14.5 Å². The molecule has 0 unspecified atom stereocenters. The molecule has 0 radical (unpaired) electrons. The zero-order chi connectivity index (χ0) is 12.4. The number of hydrogen-bond acceptors (Lipinski definition) is 2. The van der Waals surface area contributed by atoms with E-state index < -0.39 is 11.6 Å². The highest BCUT2D eigenvalue weighted by Gasteiger charge is 2.19. The van der Waals surface area contributed by atoms with E-state index in [9.17, 15) is 13.9 Å². The Labute approximate surface area is 98.9 Å². The minimum Gasteiger partial charge on any atom is -0.393 e. The number of aliphatic hydroxyl groups is 1. The molecule has 0 amide bonds. The summed E-state index contributed by atoms with van der Waals surface area (Å²) >= 11 is 0. The molecule has 1 aromatic carbocycles. The summed E-state index contributed by atoms with van der Waals surface area (Å²) in [6, 6.07) is 2.49. The number of benzene rings is 1. The van der Waals surface area contributed by atoms with E-state index in [1.54, 1.807) is 0 Å². The van der Waals surface area contributed by atoms with Gasteiger partial charge in [0.25, 0.3) is 0 Å². The first-order valence-corrected chi connectivity index (χ1v) is 5.50. The molecule has 2 rings (SSSR count). The second-order valence-electron chi connectivity index (χ2n) is 4.15. The van der Waals surface area contributed by atoms with Crippen LogP contribution in [0.1, 0.15) is 18.4 Å². The van der Waals surface area contributed by atoms with Gasteiger partial charge in [-0.1, -0.05) is 5.92 Å². The number of terminal acetylenes is 1.